The van der Waals surface area contributed by atoms with Crippen LogP contribution < -0.4 is 5.73 Å². The molecule has 0 saturated carbocycles. The second-order valence-electron chi connectivity index (χ2n) is 6.33. The Labute approximate surface area is 104 Å². The van der Waals surface area contributed by atoms with Gasteiger partial charge in [0.25, 0.3) is 0 Å². The zero-order chi connectivity index (χ0) is 13.5. The highest BCUT2D eigenvalue weighted by molar-refractivity contribution is 6.44. The van der Waals surface area contributed by atoms with Crippen molar-refractivity contribution in [2.45, 2.75) is 57.7 Å². The van der Waals surface area contributed by atoms with Gasteiger partial charge in [-0.2, -0.15) is 0 Å². The molecule has 95 valence electrons. The van der Waals surface area contributed by atoms with Gasteiger partial charge >= 0.3 is 0 Å². The molecule has 0 aliphatic heterocycles. The lowest BCUT2D eigenvalue weighted by atomic mass is 9.36. The molecule has 1 radical (unpaired) electrons. The average Bonchev–Trinajstić information content (AvgIpc) is 2.48. The van der Waals surface area contributed by atoms with Gasteiger partial charge in [-0.25, -0.2) is 0 Å². The second-order valence-corrected chi connectivity index (χ2v) is 6.33. The summed E-state index contributed by atoms with van der Waals surface area (Å²) in [6.45, 7) is 12.3. The minimum atomic E-state index is -0.334. The van der Waals surface area contributed by atoms with Gasteiger partial charge in [0.1, 0.15) is 7.28 Å². The third-order valence-corrected chi connectivity index (χ3v) is 3.52. The van der Waals surface area contributed by atoms with Gasteiger partial charge < -0.3 is 10.9 Å². The van der Waals surface area contributed by atoms with E-state index in [0.717, 1.165) is 10.5 Å². The number of hydrogen-bond acceptors (Lipinski definition) is 4. The van der Waals surface area contributed by atoms with Gasteiger partial charge in [-0.05, 0) is 29.7 Å². The van der Waals surface area contributed by atoms with Gasteiger partial charge in [0.2, 0.25) is 0 Å². The molecular weight excluding hydrogens is 215 g/mol. The monoisotopic (exact) mass is 237 g/mol. The van der Waals surface area contributed by atoms with E-state index in [0.29, 0.717) is 0 Å². The normalized spacial score (nSPS) is 13.8. The molecule has 0 unspecified atom stereocenters. The lowest BCUT2D eigenvalue weighted by Gasteiger charge is -2.42. The SMILES string of the molecule is CC(C)([B]C(C)(C)C(C)(C)N)c1cn(O)nn1. The van der Waals surface area contributed by atoms with Gasteiger partial charge in [0.15, 0.2) is 0 Å². The molecule has 3 N–H and O–H groups in total. The molecule has 6 heteroatoms. The zero-order valence-electron chi connectivity index (χ0n) is 11.5. The van der Waals surface area contributed by atoms with Crippen LogP contribution in [0.2, 0.25) is 5.31 Å². The van der Waals surface area contributed by atoms with Crippen LogP contribution in [0.25, 0.3) is 0 Å². The summed E-state index contributed by atoms with van der Waals surface area (Å²) in [5.41, 5.74) is 6.57. The molecule has 5 nitrogen and oxygen atoms in total. The van der Waals surface area contributed by atoms with E-state index in [9.17, 15) is 5.21 Å². The summed E-state index contributed by atoms with van der Waals surface area (Å²) >= 11 is 0. The van der Waals surface area contributed by atoms with Crippen molar-refractivity contribution in [2.24, 2.45) is 5.73 Å². The summed E-state index contributed by atoms with van der Waals surface area (Å²) in [5.74, 6) is 0. The Morgan fingerprint density at radius 2 is 1.76 bits per heavy atom. The first-order chi connectivity index (χ1) is 7.46. The fourth-order valence-electron chi connectivity index (χ4n) is 1.71. The van der Waals surface area contributed by atoms with E-state index in [1.165, 1.54) is 6.20 Å². The van der Waals surface area contributed by atoms with Gasteiger partial charge in [0, 0.05) is 5.54 Å². The first-order valence-corrected chi connectivity index (χ1v) is 5.74. The van der Waals surface area contributed by atoms with Crippen LogP contribution in [-0.4, -0.2) is 33.2 Å². The summed E-state index contributed by atoms with van der Waals surface area (Å²) in [7, 11) is 2.16. The molecule has 1 rings (SSSR count). The molecule has 1 aromatic heterocycles. The van der Waals surface area contributed by atoms with Crippen molar-refractivity contribution in [2.75, 3.05) is 0 Å². The van der Waals surface area contributed by atoms with E-state index < -0.39 is 0 Å². The topological polar surface area (TPSA) is 77.0 Å². The van der Waals surface area contributed by atoms with Gasteiger partial charge in [0.05, 0.1) is 11.9 Å². The van der Waals surface area contributed by atoms with Crippen LogP contribution in [0.4, 0.5) is 0 Å². The lowest BCUT2D eigenvalue weighted by Crippen LogP contribution is -2.50. The van der Waals surface area contributed by atoms with E-state index in [1.54, 1.807) is 0 Å². The van der Waals surface area contributed by atoms with E-state index in [1.807, 2.05) is 27.7 Å². The number of nitrogens with two attached hydrogens (primary N) is 1. The van der Waals surface area contributed by atoms with E-state index in [4.69, 9.17) is 5.73 Å². The Morgan fingerprint density at radius 1 is 1.24 bits per heavy atom. The Morgan fingerprint density at radius 3 is 2.12 bits per heavy atom. The third-order valence-electron chi connectivity index (χ3n) is 3.52. The van der Waals surface area contributed by atoms with Crippen molar-refractivity contribution in [1.82, 2.24) is 15.2 Å². The number of nitrogens with zero attached hydrogens (tertiary/aromatic N) is 3. The molecule has 0 saturated heterocycles. The number of hydrogen-bond donors (Lipinski definition) is 2. The highest BCUT2D eigenvalue weighted by Gasteiger charge is 2.41. The van der Waals surface area contributed by atoms with Crippen LogP contribution in [0.1, 0.15) is 47.2 Å². The minimum Gasteiger partial charge on any atom is -0.411 e. The fraction of sp³-hybridized carbons (Fsp3) is 0.818. The van der Waals surface area contributed by atoms with Gasteiger partial charge in [-0.1, -0.05) is 32.5 Å². The van der Waals surface area contributed by atoms with Gasteiger partial charge in [-0.15, -0.1) is 5.10 Å². The maximum absolute atomic E-state index is 9.18. The third kappa shape index (κ3) is 3.00. The summed E-state index contributed by atoms with van der Waals surface area (Å²) in [6.07, 6.45) is 1.51. The average molecular weight is 237 g/mol. The fourth-order valence-corrected chi connectivity index (χ4v) is 1.71. The number of rotatable bonds is 4. The Hall–Kier alpha value is -1.04. The zero-order valence-corrected chi connectivity index (χ0v) is 11.5. The smallest absolute Gasteiger partial charge is 0.135 e. The van der Waals surface area contributed by atoms with Gasteiger partial charge in [-0.3, -0.25) is 0 Å². The van der Waals surface area contributed by atoms with Crippen LogP contribution in [-0.2, 0) is 5.31 Å². The van der Waals surface area contributed by atoms with Crippen molar-refractivity contribution < 1.29 is 5.21 Å². The molecular formula is C11H22BN4O. The van der Waals surface area contributed by atoms with Crippen LogP contribution in [0.5, 0.6) is 0 Å². The van der Waals surface area contributed by atoms with Crippen molar-refractivity contribution in [3.05, 3.63) is 11.9 Å². The maximum atomic E-state index is 9.18. The number of aromatic nitrogens is 3. The van der Waals surface area contributed by atoms with Crippen LogP contribution >= 0.6 is 0 Å². The predicted molar refractivity (Wildman–Crippen MR) is 68.3 cm³/mol. The van der Waals surface area contributed by atoms with E-state index in [-0.39, 0.29) is 16.2 Å². The Kier molecular flexibility index (Phi) is 3.31. The van der Waals surface area contributed by atoms with Crippen LogP contribution in [0.3, 0.4) is 0 Å². The standard InChI is InChI=1S/C11H22BN4O/c1-9(2,8-7-16(17)15-14-8)12-10(3,4)11(5,6)13/h7,17H,13H2,1-6H3. The molecule has 1 aromatic rings. The molecule has 0 atom stereocenters. The Balaban J connectivity index is 2.94. The minimum absolute atomic E-state index is 0.171. The largest absolute Gasteiger partial charge is 0.411 e. The Bertz CT molecular complexity index is 392. The lowest BCUT2D eigenvalue weighted by molar-refractivity contribution is 0.143. The van der Waals surface area contributed by atoms with Crippen molar-refractivity contribution >= 4 is 7.28 Å². The predicted octanol–water partition coefficient (Wildman–Crippen LogP) is 1.39. The molecule has 17 heavy (non-hydrogen) atoms. The van der Waals surface area contributed by atoms with E-state index in [2.05, 4.69) is 31.4 Å². The first kappa shape index (κ1) is 14.0. The van der Waals surface area contributed by atoms with Crippen molar-refractivity contribution in [3.63, 3.8) is 0 Å². The molecule has 1 heterocycles. The molecule has 0 aliphatic carbocycles. The molecule has 0 aliphatic rings. The van der Waals surface area contributed by atoms with Crippen LogP contribution in [0, 0.1) is 0 Å². The van der Waals surface area contributed by atoms with Crippen molar-refractivity contribution in [1.29, 1.82) is 0 Å². The molecule has 0 aromatic carbocycles. The van der Waals surface area contributed by atoms with E-state index >= 15 is 0 Å². The molecule has 0 spiro atoms. The summed E-state index contributed by atoms with van der Waals surface area (Å²) in [5, 5.41) is 16.2. The molecule has 0 bridgehead atoms. The summed E-state index contributed by atoms with van der Waals surface area (Å²) in [6, 6.07) is 0. The quantitative estimate of drug-likeness (QED) is 0.612. The highest BCUT2D eigenvalue weighted by Crippen LogP contribution is 2.40. The van der Waals surface area contributed by atoms with Crippen LogP contribution in [0.15, 0.2) is 6.20 Å². The molecule has 0 amide bonds. The highest BCUT2D eigenvalue weighted by atomic mass is 16.5. The van der Waals surface area contributed by atoms with Crippen molar-refractivity contribution in [3.8, 4) is 0 Å². The molecule has 0 fully saturated rings. The summed E-state index contributed by atoms with van der Waals surface area (Å²) in [4.78, 5) is 0.728. The second kappa shape index (κ2) is 4.01. The maximum Gasteiger partial charge on any atom is 0.135 e. The summed E-state index contributed by atoms with van der Waals surface area (Å²) < 4.78 is 0. The first-order valence-electron chi connectivity index (χ1n) is 5.74.